The Kier molecular flexibility index (Phi) is 4.52. The molecule has 5 heteroatoms. The molecule has 0 amide bonds. The van der Waals surface area contributed by atoms with Crippen molar-refractivity contribution >= 4 is 0 Å². The zero-order chi connectivity index (χ0) is 15.6. The molecule has 0 unspecified atom stereocenters. The fourth-order valence-corrected chi connectivity index (χ4v) is 2.28. The molecular formula is C16H27N5. The second kappa shape index (κ2) is 6.02. The lowest BCUT2D eigenvalue weighted by Gasteiger charge is -2.21. The Hall–Kier alpha value is -1.62. The molecule has 0 bridgehead atoms. The number of imidazole rings is 1. The summed E-state index contributed by atoms with van der Waals surface area (Å²) in [6.45, 7) is 12.4. The van der Waals surface area contributed by atoms with Crippen LogP contribution in [0.1, 0.15) is 50.6 Å². The minimum absolute atomic E-state index is 0.102. The summed E-state index contributed by atoms with van der Waals surface area (Å²) in [6.07, 6.45) is 2.93. The maximum absolute atomic E-state index is 4.52. The van der Waals surface area contributed by atoms with Gasteiger partial charge < -0.3 is 9.88 Å². The highest BCUT2D eigenvalue weighted by molar-refractivity contribution is 5.14. The van der Waals surface area contributed by atoms with Crippen molar-refractivity contribution in [1.82, 2.24) is 24.6 Å². The van der Waals surface area contributed by atoms with Crippen LogP contribution < -0.4 is 5.32 Å². The standard InChI is InChI=1S/C16H27N5/c1-7-13-8-14(20(6)19-13)11-21-12(2)17-9-15(21)10-18-16(3,4)5/h8-9,18H,7,10-11H2,1-6H3. The second-order valence-corrected chi connectivity index (χ2v) is 6.59. The number of aromatic nitrogens is 4. The molecule has 0 saturated heterocycles. The molecule has 1 N–H and O–H groups in total. The summed E-state index contributed by atoms with van der Waals surface area (Å²) in [4.78, 5) is 4.46. The molecule has 0 aliphatic rings. The molecule has 0 aliphatic heterocycles. The normalized spacial score (nSPS) is 12.1. The summed E-state index contributed by atoms with van der Waals surface area (Å²) in [7, 11) is 2.01. The average molecular weight is 289 g/mol. The third-order valence-electron chi connectivity index (χ3n) is 3.65. The molecule has 116 valence electrons. The molecule has 0 spiro atoms. The van der Waals surface area contributed by atoms with Crippen molar-refractivity contribution < 1.29 is 0 Å². The Morgan fingerprint density at radius 3 is 2.52 bits per heavy atom. The highest BCUT2D eigenvalue weighted by atomic mass is 15.3. The lowest BCUT2D eigenvalue weighted by Crippen LogP contribution is -2.35. The summed E-state index contributed by atoms with van der Waals surface area (Å²) in [5.41, 5.74) is 3.66. The van der Waals surface area contributed by atoms with E-state index in [2.05, 4.69) is 60.7 Å². The van der Waals surface area contributed by atoms with Gasteiger partial charge in [0.15, 0.2) is 0 Å². The molecule has 2 aromatic rings. The molecule has 0 aromatic carbocycles. The van der Waals surface area contributed by atoms with E-state index in [4.69, 9.17) is 0 Å². The quantitative estimate of drug-likeness (QED) is 0.919. The van der Waals surface area contributed by atoms with E-state index in [9.17, 15) is 0 Å². The van der Waals surface area contributed by atoms with Crippen LogP contribution in [0, 0.1) is 6.92 Å². The molecule has 0 atom stereocenters. The highest BCUT2D eigenvalue weighted by Gasteiger charge is 2.14. The predicted octanol–water partition coefficient (Wildman–Crippen LogP) is 2.42. The summed E-state index contributed by atoms with van der Waals surface area (Å²) < 4.78 is 4.23. The molecule has 0 saturated carbocycles. The van der Waals surface area contributed by atoms with Crippen LogP contribution in [-0.4, -0.2) is 24.9 Å². The minimum atomic E-state index is 0.102. The van der Waals surface area contributed by atoms with Gasteiger partial charge in [-0.1, -0.05) is 6.92 Å². The molecule has 0 fully saturated rings. The van der Waals surface area contributed by atoms with E-state index in [0.29, 0.717) is 0 Å². The van der Waals surface area contributed by atoms with Crippen LogP contribution in [0.15, 0.2) is 12.3 Å². The largest absolute Gasteiger partial charge is 0.325 e. The highest BCUT2D eigenvalue weighted by Crippen LogP contribution is 2.12. The van der Waals surface area contributed by atoms with Gasteiger partial charge in [-0.3, -0.25) is 4.68 Å². The van der Waals surface area contributed by atoms with Crippen LogP contribution in [-0.2, 0) is 26.6 Å². The smallest absolute Gasteiger partial charge is 0.106 e. The molecule has 2 aromatic heterocycles. The number of nitrogens with zero attached hydrogens (tertiary/aromatic N) is 4. The van der Waals surface area contributed by atoms with Crippen LogP contribution in [0.25, 0.3) is 0 Å². The number of hydrogen-bond donors (Lipinski definition) is 1. The van der Waals surface area contributed by atoms with E-state index in [-0.39, 0.29) is 5.54 Å². The predicted molar refractivity (Wildman–Crippen MR) is 85.2 cm³/mol. The Balaban J connectivity index is 2.19. The topological polar surface area (TPSA) is 47.7 Å². The molecule has 0 radical (unpaired) electrons. The van der Waals surface area contributed by atoms with Gasteiger partial charge in [-0.2, -0.15) is 5.10 Å². The molecular weight excluding hydrogens is 262 g/mol. The van der Waals surface area contributed by atoms with Gasteiger partial charge in [-0.25, -0.2) is 4.98 Å². The van der Waals surface area contributed by atoms with Gasteiger partial charge in [-0.05, 0) is 40.2 Å². The fourth-order valence-electron chi connectivity index (χ4n) is 2.28. The first-order chi connectivity index (χ1) is 9.80. The van der Waals surface area contributed by atoms with Crippen LogP contribution >= 0.6 is 0 Å². The van der Waals surface area contributed by atoms with Crippen molar-refractivity contribution in [3.63, 3.8) is 0 Å². The summed E-state index contributed by atoms with van der Waals surface area (Å²) in [5.74, 6) is 1.04. The van der Waals surface area contributed by atoms with Crippen LogP contribution in [0.4, 0.5) is 0 Å². The van der Waals surface area contributed by atoms with Crippen LogP contribution in [0.5, 0.6) is 0 Å². The third kappa shape index (κ3) is 3.94. The number of hydrogen-bond acceptors (Lipinski definition) is 3. The van der Waals surface area contributed by atoms with Crippen LogP contribution in [0.3, 0.4) is 0 Å². The van der Waals surface area contributed by atoms with Gasteiger partial charge in [0.2, 0.25) is 0 Å². The van der Waals surface area contributed by atoms with Gasteiger partial charge in [0, 0.05) is 25.3 Å². The van der Waals surface area contributed by atoms with E-state index in [0.717, 1.165) is 31.0 Å². The second-order valence-electron chi connectivity index (χ2n) is 6.59. The lowest BCUT2D eigenvalue weighted by atomic mass is 10.1. The molecule has 5 nitrogen and oxygen atoms in total. The average Bonchev–Trinajstić information content (AvgIpc) is 2.92. The maximum atomic E-state index is 4.52. The molecule has 0 aliphatic carbocycles. The Morgan fingerprint density at radius 1 is 1.24 bits per heavy atom. The van der Waals surface area contributed by atoms with E-state index >= 15 is 0 Å². The maximum Gasteiger partial charge on any atom is 0.106 e. The zero-order valence-corrected chi connectivity index (χ0v) is 14.1. The third-order valence-corrected chi connectivity index (χ3v) is 3.65. The summed E-state index contributed by atoms with van der Waals surface area (Å²) in [5, 5.41) is 8.05. The summed E-state index contributed by atoms with van der Waals surface area (Å²) in [6, 6.07) is 2.18. The van der Waals surface area contributed by atoms with Crippen LogP contribution in [0.2, 0.25) is 0 Å². The van der Waals surface area contributed by atoms with Crippen molar-refractivity contribution in [2.75, 3.05) is 0 Å². The van der Waals surface area contributed by atoms with Gasteiger partial charge in [0.25, 0.3) is 0 Å². The van der Waals surface area contributed by atoms with Gasteiger partial charge in [-0.15, -0.1) is 0 Å². The number of nitrogens with one attached hydrogen (secondary N) is 1. The van der Waals surface area contributed by atoms with E-state index in [1.54, 1.807) is 0 Å². The SMILES string of the molecule is CCc1cc(Cn2c(CNC(C)(C)C)cnc2C)n(C)n1. The van der Waals surface area contributed by atoms with Gasteiger partial charge in [0.05, 0.1) is 23.6 Å². The van der Waals surface area contributed by atoms with E-state index < -0.39 is 0 Å². The minimum Gasteiger partial charge on any atom is -0.325 e. The number of rotatable bonds is 5. The Morgan fingerprint density at radius 2 is 1.95 bits per heavy atom. The molecule has 21 heavy (non-hydrogen) atoms. The number of aryl methyl sites for hydroxylation is 3. The van der Waals surface area contributed by atoms with Gasteiger partial charge in [0.1, 0.15) is 5.82 Å². The van der Waals surface area contributed by atoms with Crippen molar-refractivity contribution in [2.45, 2.75) is 59.7 Å². The monoisotopic (exact) mass is 289 g/mol. The Labute approximate surface area is 127 Å². The van der Waals surface area contributed by atoms with E-state index in [1.165, 1.54) is 11.4 Å². The van der Waals surface area contributed by atoms with Gasteiger partial charge >= 0.3 is 0 Å². The first-order valence-electron chi connectivity index (χ1n) is 7.58. The fraction of sp³-hybridized carbons (Fsp3) is 0.625. The van der Waals surface area contributed by atoms with Crippen molar-refractivity contribution in [3.05, 3.63) is 35.2 Å². The Bertz CT molecular complexity index is 601. The molecule has 2 rings (SSSR count). The first-order valence-corrected chi connectivity index (χ1v) is 7.58. The lowest BCUT2D eigenvalue weighted by molar-refractivity contribution is 0.416. The van der Waals surface area contributed by atoms with Crippen molar-refractivity contribution in [3.8, 4) is 0 Å². The first kappa shape index (κ1) is 15.8. The van der Waals surface area contributed by atoms with E-state index in [1.807, 2.05) is 17.9 Å². The zero-order valence-electron chi connectivity index (χ0n) is 14.1. The van der Waals surface area contributed by atoms with Crippen molar-refractivity contribution in [2.24, 2.45) is 7.05 Å². The molecule has 2 heterocycles. The summed E-state index contributed by atoms with van der Waals surface area (Å²) >= 11 is 0. The van der Waals surface area contributed by atoms with Crippen molar-refractivity contribution in [1.29, 1.82) is 0 Å².